The molecule has 0 fully saturated rings. The molecule has 0 aliphatic heterocycles. The molecule has 0 aromatic heterocycles. The van der Waals surface area contributed by atoms with Crippen molar-refractivity contribution in [2.24, 2.45) is 0 Å². The summed E-state index contributed by atoms with van der Waals surface area (Å²) in [4.78, 5) is 4.74. The number of methoxy groups -OCH3 is 1. The van der Waals surface area contributed by atoms with E-state index in [4.69, 9.17) is 4.74 Å². The fourth-order valence-electron chi connectivity index (χ4n) is 1.54. The molecule has 0 aromatic carbocycles. The third-order valence-corrected chi connectivity index (χ3v) is 2.79. The highest BCUT2D eigenvalue weighted by Crippen LogP contribution is 2.02. The normalized spacial score (nSPS) is 12.6. The van der Waals surface area contributed by atoms with Crippen LogP contribution in [0.2, 0.25) is 0 Å². The van der Waals surface area contributed by atoms with Crippen molar-refractivity contribution in [3.05, 3.63) is 0 Å². The maximum atomic E-state index is 5.06. The Kier molecular flexibility index (Phi) is 14.8. The fourth-order valence-corrected chi connectivity index (χ4v) is 1.54. The quantitative estimate of drug-likeness (QED) is 0.639. The SMILES string of the molecule is CC.CCC(CN(C)CCOC)N(C)CC. The lowest BCUT2D eigenvalue weighted by Gasteiger charge is -2.29. The summed E-state index contributed by atoms with van der Waals surface area (Å²) in [5, 5.41) is 0. The monoisotopic (exact) mass is 232 g/mol. The van der Waals surface area contributed by atoms with Gasteiger partial charge >= 0.3 is 0 Å². The van der Waals surface area contributed by atoms with Crippen molar-refractivity contribution in [3.63, 3.8) is 0 Å². The molecule has 0 rings (SSSR count). The summed E-state index contributed by atoms with van der Waals surface area (Å²) in [6.07, 6.45) is 1.21. The van der Waals surface area contributed by atoms with Crippen LogP contribution in [0.4, 0.5) is 0 Å². The van der Waals surface area contributed by atoms with E-state index < -0.39 is 0 Å². The fraction of sp³-hybridized carbons (Fsp3) is 1.00. The number of hydrogen-bond donors (Lipinski definition) is 0. The van der Waals surface area contributed by atoms with E-state index in [1.54, 1.807) is 7.11 Å². The molecule has 1 unspecified atom stereocenters. The maximum absolute atomic E-state index is 5.06. The van der Waals surface area contributed by atoms with E-state index in [1.807, 2.05) is 13.8 Å². The zero-order chi connectivity index (χ0) is 13.0. The van der Waals surface area contributed by atoms with Gasteiger partial charge in [-0.25, -0.2) is 0 Å². The minimum Gasteiger partial charge on any atom is -0.383 e. The molecule has 0 saturated heterocycles. The molecule has 0 N–H and O–H groups in total. The van der Waals surface area contributed by atoms with Gasteiger partial charge in [-0.2, -0.15) is 0 Å². The van der Waals surface area contributed by atoms with Crippen molar-refractivity contribution < 1.29 is 4.74 Å². The zero-order valence-electron chi connectivity index (χ0n) is 12.4. The van der Waals surface area contributed by atoms with E-state index in [-0.39, 0.29) is 0 Å². The molecular weight excluding hydrogens is 200 g/mol. The van der Waals surface area contributed by atoms with Gasteiger partial charge in [-0.1, -0.05) is 27.7 Å². The van der Waals surface area contributed by atoms with Crippen molar-refractivity contribution in [2.45, 2.75) is 40.2 Å². The van der Waals surface area contributed by atoms with E-state index in [1.165, 1.54) is 6.42 Å². The zero-order valence-corrected chi connectivity index (χ0v) is 12.4. The van der Waals surface area contributed by atoms with Gasteiger partial charge in [0.25, 0.3) is 0 Å². The van der Waals surface area contributed by atoms with Gasteiger partial charge in [0.05, 0.1) is 6.61 Å². The van der Waals surface area contributed by atoms with E-state index in [0.717, 1.165) is 26.2 Å². The van der Waals surface area contributed by atoms with Crippen LogP contribution < -0.4 is 0 Å². The van der Waals surface area contributed by atoms with Gasteiger partial charge in [0.2, 0.25) is 0 Å². The maximum Gasteiger partial charge on any atom is 0.0589 e. The molecule has 16 heavy (non-hydrogen) atoms. The first-order chi connectivity index (χ1) is 7.65. The predicted octanol–water partition coefficient (Wildman–Crippen LogP) is 2.32. The summed E-state index contributed by atoms with van der Waals surface area (Å²) < 4.78 is 5.06. The van der Waals surface area contributed by atoms with Crippen molar-refractivity contribution in [1.82, 2.24) is 9.80 Å². The standard InChI is InChI=1S/C11H26N2O.C2H6/c1-6-11(13(4)7-2)10-12(3)8-9-14-5;1-2/h11H,6-10H2,1-5H3;1-2H3. The van der Waals surface area contributed by atoms with Gasteiger partial charge in [-0.15, -0.1) is 0 Å². The van der Waals surface area contributed by atoms with Crippen LogP contribution in [0.1, 0.15) is 34.1 Å². The Morgan fingerprint density at radius 2 is 1.69 bits per heavy atom. The van der Waals surface area contributed by atoms with Crippen LogP contribution in [0.15, 0.2) is 0 Å². The minimum atomic E-state index is 0.668. The molecule has 1 atom stereocenters. The number of ether oxygens (including phenoxy) is 1. The van der Waals surface area contributed by atoms with Crippen molar-refractivity contribution in [1.29, 1.82) is 0 Å². The Hall–Kier alpha value is -0.120. The highest BCUT2D eigenvalue weighted by Gasteiger charge is 2.12. The molecule has 100 valence electrons. The molecule has 0 heterocycles. The summed E-state index contributed by atoms with van der Waals surface area (Å²) in [5.74, 6) is 0. The van der Waals surface area contributed by atoms with Crippen LogP contribution in [0.3, 0.4) is 0 Å². The van der Waals surface area contributed by atoms with Crippen LogP contribution in [0.25, 0.3) is 0 Å². The van der Waals surface area contributed by atoms with Gasteiger partial charge < -0.3 is 14.5 Å². The van der Waals surface area contributed by atoms with Gasteiger partial charge in [0, 0.05) is 26.2 Å². The smallest absolute Gasteiger partial charge is 0.0589 e. The van der Waals surface area contributed by atoms with Gasteiger partial charge in [0.1, 0.15) is 0 Å². The van der Waals surface area contributed by atoms with Crippen LogP contribution in [0.5, 0.6) is 0 Å². The number of nitrogens with zero attached hydrogens (tertiary/aromatic N) is 2. The average molecular weight is 232 g/mol. The molecule has 0 spiro atoms. The third kappa shape index (κ3) is 9.13. The van der Waals surface area contributed by atoms with Gasteiger partial charge in [0.15, 0.2) is 0 Å². The molecule has 0 saturated carbocycles. The molecule has 0 amide bonds. The Morgan fingerprint density at radius 1 is 1.12 bits per heavy atom. The van der Waals surface area contributed by atoms with Crippen molar-refractivity contribution in [2.75, 3.05) is 47.4 Å². The highest BCUT2D eigenvalue weighted by atomic mass is 16.5. The topological polar surface area (TPSA) is 15.7 Å². The average Bonchev–Trinajstić information content (AvgIpc) is 2.34. The molecule has 0 bridgehead atoms. The molecule has 0 aliphatic carbocycles. The van der Waals surface area contributed by atoms with Crippen molar-refractivity contribution >= 4 is 0 Å². The van der Waals surface area contributed by atoms with Crippen LogP contribution in [0, 0.1) is 0 Å². The minimum absolute atomic E-state index is 0.668. The summed E-state index contributed by atoms with van der Waals surface area (Å²) in [7, 11) is 6.10. The summed E-state index contributed by atoms with van der Waals surface area (Å²) in [6, 6.07) is 0.668. The lowest BCUT2D eigenvalue weighted by molar-refractivity contribution is 0.133. The summed E-state index contributed by atoms with van der Waals surface area (Å²) in [6.45, 7) is 12.5. The largest absolute Gasteiger partial charge is 0.383 e. The van der Waals surface area contributed by atoms with Crippen LogP contribution in [-0.2, 0) is 4.74 Å². The first kappa shape index (κ1) is 18.3. The molecule has 0 aliphatic rings. The number of rotatable bonds is 8. The Morgan fingerprint density at radius 3 is 2.06 bits per heavy atom. The molecule has 0 radical (unpaired) electrons. The van der Waals surface area contributed by atoms with Crippen molar-refractivity contribution in [3.8, 4) is 0 Å². The number of likely N-dealkylation sites (N-methyl/N-ethyl adjacent to an activating group) is 2. The molecular formula is C13H32N2O. The summed E-state index contributed by atoms with van der Waals surface area (Å²) in [5.41, 5.74) is 0. The second-order valence-corrected chi connectivity index (χ2v) is 3.89. The van der Waals surface area contributed by atoms with E-state index in [2.05, 4.69) is 37.7 Å². The number of hydrogen-bond acceptors (Lipinski definition) is 3. The third-order valence-electron chi connectivity index (χ3n) is 2.79. The lowest BCUT2D eigenvalue weighted by atomic mass is 10.2. The Balaban J connectivity index is 0. The summed E-state index contributed by atoms with van der Waals surface area (Å²) >= 11 is 0. The first-order valence-electron chi connectivity index (χ1n) is 6.53. The lowest BCUT2D eigenvalue weighted by Crippen LogP contribution is -2.41. The van der Waals surface area contributed by atoms with Gasteiger partial charge in [-0.05, 0) is 27.1 Å². The molecule has 3 heteroatoms. The Bertz CT molecular complexity index is 131. The second kappa shape index (κ2) is 12.9. The van der Waals surface area contributed by atoms with Gasteiger partial charge in [-0.3, -0.25) is 0 Å². The van der Waals surface area contributed by atoms with E-state index in [9.17, 15) is 0 Å². The van der Waals surface area contributed by atoms with Crippen LogP contribution in [-0.4, -0.2) is 63.3 Å². The van der Waals surface area contributed by atoms with E-state index >= 15 is 0 Å². The predicted molar refractivity (Wildman–Crippen MR) is 73.1 cm³/mol. The Labute approximate surface area is 103 Å². The molecule has 3 nitrogen and oxygen atoms in total. The van der Waals surface area contributed by atoms with E-state index in [0.29, 0.717) is 6.04 Å². The van der Waals surface area contributed by atoms with Crippen LogP contribution >= 0.6 is 0 Å². The second-order valence-electron chi connectivity index (χ2n) is 3.89. The highest BCUT2D eigenvalue weighted by molar-refractivity contribution is 4.69. The first-order valence-corrected chi connectivity index (χ1v) is 6.53. The molecule has 0 aromatic rings.